The molecule has 1 aromatic heterocycles. The van der Waals surface area contributed by atoms with Crippen molar-refractivity contribution in [3.8, 4) is 0 Å². The van der Waals surface area contributed by atoms with Crippen LogP contribution in [0.15, 0.2) is 48.5 Å². The van der Waals surface area contributed by atoms with Gasteiger partial charge in [-0.3, -0.25) is 0 Å². The normalized spacial score (nSPS) is 21.0. The lowest BCUT2D eigenvalue weighted by molar-refractivity contribution is 0.108. The second-order valence-electron chi connectivity index (χ2n) is 5.11. The van der Waals surface area contributed by atoms with Crippen LogP contribution >= 0.6 is 34.9 Å². The third-order valence-corrected chi connectivity index (χ3v) is 6.04. The molecule has 4 rings (SSSR count). The molecular weight excluding hydrogens is 322 g/mol. The SMILES string of the molecule is OC1(c2ccc3ccccc3c2)CSNc2sc(Cl)cc21. The first-order valence-corrected chi connectivity index (χ1v) is 8.74. The number of thiophene rings is 1. The standard InChI is InChI=1S/C16H12ClNOS2/c17-14-8-13-15(21-14)18-20-9-16(13,19)12-6-5-10-3-1-2-4-11(10)7-12/h1-8,18-19H,9H2. The molecule has 5 heteroatoms. The van der Waals surface area contributed by atoms with Crippen LogP contribution in [0.4, 0.5) is 5.00 Å². The molecule has 0 spiro atoms. The first-order chi connectivity index (χ1) is 10.2. The van der Waals surface area contributed by atoms with E-state index >= 15 is 0 Å². The molecule has 2 nitrogen and oxygen atoms in total. The zero-order valence-corrected chi connectivity index (χ0v) is 13.4. The molecule has 3 aromatic rings. The van der Waals surface area contributed by atoms with Crippen LogP contribution in [-0.2, 0) is 5.60 Å². The Kier molecular flexibility index (Phi) is 3.15. The van der Waals surface area contributed by atoms with Crippen LogP contribution in [0, 0.1) is 0 Å². The fourth-order valence-corrected chi connectivity index (χ4v) is 4.95. The summed E-state index contributed by atoms with van der Waals surface area (Å²) in [7, 11) is 0. The molecule has 0 aliphatic carbocycles. The third kappa shape index (κ3) is 2.14. The summed E-state index contributed by atoms with van der Waals surface area (Å²) < 4.78 is 3.93. The predicted octanol–water partition coefficient (Wildman–Crippen LogP) is 4.86. The maximum atomic E-state index is 11.3. The van der Waals surface area contributed by atoms with E-state index in [1.54, 1.807) is 0 Å². The van der Waals surface area contributed by atoms with Gasteiger partial charge in [0.15, 0.2) is 0 Å². The van der Waals surface area contributed by atoms with Crippen molar-refractivity contribution in [1.29, 1.82) is 0 Å². The summed E-state index contributed by atoms with van der Waals surface area (Å²) in [4.78, 5) is 0. The Labute approximate surface area is 135 Å². The highest BCUT2D eigenvalue weighted by Gasteiger charge is 2.38. The van der Waals surface area contributed by atoms with E-state index in [0.29, 0.717) is 10.1 Å². The van der Waals surface area contributed by atoms with Gasteiger partial charge >= 0.3 is 0 Å². The number of anilines is 1. The van der Waals surface area contributed by atoms with Crippen LogP contribution in [0.25, 0.3) is 10.8 Å². The Balaban J connectivity index is 1.91. The molecule has 1 atom stereocenters. The average molecular weight is 334 g/mol. The Morgan fingerprint density at radius 2 is 1.90 bits per heavy atom. The molecule has 1 aliphatic rings. The highest BCUT2D eigenvalue weighted by Crippen LogP contribution is 2.47. The van der Waals surface area contributed by atoms with E-state index in [2.05, 4.69) is 29.0 Å². The van der Waals surface area contributed by atoms with Gasteiger partial charge in [0.1, 0.15) is 10.6 Å². The lowest BCUT2D eigenvalue weighted by atomic mass is 9.88. The van der Waals surface area contributed by atoms with Crippen molar-refractivity contribution in [3.05, 3.63) is 64.0 Å². The highest BCUT2D eigenvalue weighted by molar-refractivity contribution is 8.00. The molecule has 0 saturated carbocycles. The Morgan fingerprint density at radius 3 is 2.76 bits per heavy atom. The van der Waals surface area contributed by atoms with E-state index in [9.17, 15) is 5.11 Å². The number of benzene rings is 2. The summed E-state index contributed by atoms with van der Waals surface area (Å²) in [5.74, 6) is 0.561. The number of rotatable bonds is 1. The van der Waals surface area contributed by atoms with Gasteiger partial charge in [0.25, 0.3) is 0 Å². The van der Waals surface area contributed by atoms with Gasteiger partial charge < -0.3 is 9.83 Å². The fraction of sp³-hybridized carbons (Fsp3) is 0.125. The summed E-state index contributed by atoms with van der Waals surface area (Å²) in [6, 6.07) is 16.2. The molecule has 0 radical (unpaired) electrons. The van der Waals surface area contributed by atoms with Crippen LogP contribution in [-0.4, -0.2) is 10.9 Å². The van der Waals surface area contributed by atoms with Crippen molar-refractivity contribution in [2.45, 2.75) is 5.60 Å². The number of aliphatic hydroxyl groups is 1. The van der Waals surface area contributed by atoms with Gasteiger partial charge in [-0.15, -0.1) is 11.3 Å². The molecule has 106 valence electrons. The highest BCUT2D eigenvalue weighted by atomic mass is 35.5. The molecule has 0 bridgehead atoms. The molecule has 2 heterocycles. The monoisotopic (exact) mass is 333 g/mol. The summed E-state index contributed by atoms with van der Waals surface area (Å²) in [5.41, 5.74) is 0.774. The predicted molar refractivity (Wildman–Crippen MR) is 92.4 cm³/mol. The molecule has 21 heavy (non-hydrogen) atoms. The number of halogens is 1. The number of nitrogens with one attached hydrogen (secondary N) is 1. The van der Waals surface area contributed by atoms with Crippen molar-refractivity contribution in [3.63, 3.8) is 0 Å². The lowest BCUT2D eigenvalue weighted by Gasteiger charge is -2.32. The van der Waals surface area contributed by atoms with Crippen LogP contribution in [0.2, 0.25) is 4.34 Å². The van der Waals surface area contributed by atoms with E-state index in [1.807, 2.05) is 24.3 Å². The molecule has 2 N–H and O–H groups in total. The summed E-state index contributed by atoms with van der Waals surface area (Å²) in [6.07, 6.45) is 0. The summed E-state index contributed by atoms with van der Waals surface area (Å²) in [5, 5.41) is 14.5. The van der Waals surface area contributed by atoms with Gasteiger partial charge in [0.2, 0.25) is 0 Å². The smallest absolute Gasteiger partial charge is 0.128 e. The maximum Gasteiger partial charge on any atom is 0.128 e. The molecule has 0 fully saturated rings. The third-order valence-electron chi connectivity index (χ3n) is 3.82. The van der Waals surface area contributed by atoms with Crippen molar-refractivity contribution in [1.82, 2.24) is 0 Å². The minimum atomic E-state index is -1.00. The minimum absolute atomic E-state index is 0.561. The van der Waals surface area contributed by atoms with Crippen LogP contribution < -0.4 is 4.72 Å². The minimum Gasteiger partial charge on any atom is -0.379 e. The Hall–Kier alpha value is -1.20. The first-order valence-electron chi connectivity index (χ1n) is 6.56. The molecule has 0 amide bonds. The Bertz CT molecular complexity index is 832. The van der Waals surface area contributed by atoms with Gasteiger partial charge in [-0.25, -0.2) is 0 Å². The first kappa shape index (κ1) is 13.5. The molecule has 2 aromatic carbocycles. The van der Waals surface area contributed by atoms with E-state index in [-0.39, 0.29) is 0 Å². The van der Waals surface area contributed by atoms with E-state index in [4.69, 9.17) is 11.6 Å². The van der Waals surface area contributed by atoms with Gasteiger partial charge in [-0.2, -0.15) is 0 Å². The van der Waals surface area contributed by atoms with Crippen LogP contribution in [0.3, 0.4) is 0 Å². The van der Waals surface area contributed by atoms with Gasteiger partial charge in [-0.1, -0.05) is 48.0 Å². The second kappa shape index (κ2) is 4.92. The fourth-order valence-electron chi connectivity index (χ4n) is 2.71. The van der Waals surface area contributed by atoms with Crippen LogP contribution in [0.5, 0.6) is 0 Å². The van der Waals surface area contributed by atoms with E-state index in [0.717, 1.165) is 21.5 Å². The van der Waals surface area contributed by atoms with Crippen LogP contribution in [0.1, 0.15) is 11.1 Å². The average Bonchev–Trinajstić information content (AvgIpc) is 2.89. The second-order valence-corrected chi connectivity index (χ2v) is 7.57. The van der Waals surface area contributed by atoms with E-state index < -0.39 is 5.60 Å². The lowest BCUT2D eigenvalue weighted by Crippen LogP contribution is -2.33. The molecule has 0 saturated heterocycles. The van der Waals surface area contributed by atoms with Crippen molar-refractivity contribution in [2.24, 2.45) is 0 Å². The largest absolute Gasteiger partial charge is 0.379 e. The van der Waals surface area contributed by atoms with E-state index in [1.165, 1.54) is 28.7 Å². The van der Waals surface area contributed by atoms with Crippen molar-refractivity contribution in [2.75, 3.05) is 10.5 Å². The van der Waals surface area contributed by atoms with Crippen molar-refractivity contribution < 1.29 is 5.11 Å². The number of hydrogen-bond donors (Lipinski definition) is 2. The number of hydrogen-bond acceptors (Lipinski definition) is 4. The topological polar surface area (TPSA) is 32.3 Å². The zero-order chi connectivity index (χ0) is 14.4. The quantitative estimate of drug-likeness (QED) is 0.623. The Morgan fingerprint density at radius 1 is 1.10 bits per heavy atom. The molecule has 1 unspecified atom stereocenters. The molecular formula is C16H12ClNOS2. The van der Waals surface area contributed by atoms with Gasteiger partial charge in [0.05, 0.1) is 10.1 Å². The van der Waals surface area contributed by atoms with Crippen molar-refractivity contribution >= 4 is 50.7 Å². The summed E-state index contributed by atoms with van der Waals surface area (Å²) >= 11 is 9.09. The number of fused-ring (bicyclic) bond motifs is 2. The van der Waals surface area contributed by atoms with Gasteiger partial charge in [-0.05, 0) is 40.4 Å². The summed E-state index contributed by atoms with van der Waals surface area (Å²) in [6.45, 7) is 0. The van der Waals surface area contributed by atoms with Gasteiger partial charge in [0, 0.05) is 5.56 Å². The molecule has 1 aliphatic heterocycles. The maximum absolute atomic E-state index is 11.3. The zero-order valence-electron chi connectivity index (χ0n) is 11.0.